The Morgan fingerprint density at radius 2 is 2.06 bits per heavy atom. The Labute approximate surface area is 104 Å². The fraction of sp³-hybridized carbons (Fsp3) is 0.571. The van der Waals surface area contributed by atoms with Gasteiger partial charge in [0.2, 0.25) is 0 Å². The number of nitrogens with zero attached hydrogens (tertiary/aromatic N) is 1. The second-order valence-electron chi connectivity index (χ2n) is 4.62. The molecule has 17 heavy (non-hydrogen) atoms. The largest absolute Gasteiger partial charge is 0.374 e. The third kappa shape index (κ3) is 4.00. The van der Waals surface area contributed by atoms with Gasteiger partial charge in [0.05, 0.1) is 0 Å². The predicted molar refractivity (Wildman–Crippen MR) is 71.8 cm³/mol. The number of benzene rings is 1. The van der Waals surface area contributed by atoms with Crippen LogP contribution in [0, 0.1) is 5.82 Å². The molecule has 1 aromatic rings. The summed E-state index contributed by atoms with van der Waals surface area (Å²) in [4.78, 5) is 2.16. The summed E-state index contributed by atoms with van der Waals surface area (Å²) in [7, 11) is 2.04. The summed E-state index contributed by atoms with van der Waals surface area (Å²) in [6.07, 6.45) is 3.58. The van der Waals surface area contributed by atoms with E-state index in [9.17, 15) is 4.39 Å². The van der Waals surface area contributed by atoms with E-state index < -0.39 is 0 Å². The highest BCUT2D eigenvalue weighted by Gasteiger charge is 2.11. The Balaban J connectivity index is 2.81. The number of hydrogen-bond acceptors (Lipinski definition) is 2. The van der Waals surface area contributed by atoms with Crippen molar-refractivity contribution in [2.75, 3.05) is 18.5 Å². The van der Waals surface area contributed by atoms with Gasteiger partial charge in [0, 0.05) is 25.3 Å². The van der Waals surface area contributed by atoms with E-state index in [1.165, 1.54) is 25.0 Å². The highest BCUT2D eigenvalue weighted by Crippen LogP contribution is 2.25. The first-order valence-electron chi connectivity index (χ1n) is 6.32. The molecule has 2 N–H and O–H groups in total. The molecule has 0 fully saturated rings. The van der Waals surface area contributed by atoms with Gasteiger partial charge in [0.25, 0.3) is 0 Å². The van der Waals surface area contributed by atoms with Crippen LogP contribution in [0.25, 0.3) is 0 Å². The van der Waals surface area contributed by atoms with E-state index in [1.54, 1.807) is 0 Å². The third-order valence-electron chi connectivity index (χ3n) is 2.99. The lowest BCUT2D eigenvalue weighted by molar-refractivity contribution is 0.621. The monoisotopic (exact) mass is 238 g/mol. The van der Waals surface area contributed by atoms with Crippen LogP contribution < -0.4 is 10.6 Å². The number of unbranched alkanes of at least 4 members (excludes halogenated alkanes) is 2. The maximum atomic E-state index is 13.2. The van der Waals surface area contributed by atoms with E-state index in [2.05, 4.69) is 11.8 Å². The Kier molecular flexibility index (Phi) is 5.42. The second kappa shape index (κ2) is 6.60. The van der Waals surface area contributed by atoms with E-state index in [0.29, 0.717) is 0 Å². The second-order valence-corrected chi connectivity index (χ2v) is 4.62. The van der Waals surface area contributed by atoms with Crippen LogP contribution in [0.2, 0.25) is 0 Å². The summed E-state index contributed by atoms with van der Waals surface area (Å²) in [5.41, 5.74) is 7.80. The van der Waals surface area contributed by atoms with E-state index >= 15 is 0 Å². The van der Waals surface area contributed by atoms with Gasteiger partial charge >= 0.3 is 0 Å². The van der Waals surface area contributed by atoms with Crippen molar-refractivity contribution < 1.29 is 4.39 Å². The van der Waals surface area contributed by atoms with Crippen LogP contribution in [-0.4, -0.2) is 13.6 Å². The van der Waals surface area contributed by atoms with Crippen LogP contribution in [-0.2, 0) is 0 Å². The molecule has 0 aliphatic carbocycles. The van der Waals surface area contributed by atoms with E-state index in [4.69, 9.17) is 5.73 Å². The smallest absolute Gasteiger partial charge is 0.123 e. The van der Waals surface area contributed by atoms with Crippen LogP contribution >= 0.6 is 0 Å². The Morgan fingerprint density at radius 1 is 1.35 bits per heavy atom. The fourth-order valence-electron chi connectivity index (χ4n) is 1.96. The molecule has 1 unspecified atom stereocenters. The molecule has 0 heterocycles. The first kappa shape index (κ1) is 14.0. The van der Waals surface area contributed by atoms with Crippen LogP contribution in [0.5, 0.6) is 0 Å². The van der Waals surface area contributed by atoms with Crippen LogP contribution in [0.1, 0.15) is 44.7 Å². The van der Waals surface area contributed by atoms with Crippen molar-refractivity contribution in [2.24, 2.45) is 5.73 Å². The summed E-state index contributed by atoms with van der Waals surface area (Å²) < 4.78 is 13.2. The van der Waals surface area contributed by atoms with Gasteiger partial charge in [-0.15, -0.1) is 0 Å². The quantitative estimate of drug-likeness (QED) is 0.769. The standard InChI is InChI=1S/C14H23FN2/c1-4-5-6-9-17(3)14-8-7-12(15)10-13(14)11(2)16/h7-8,10-11H,4-6,9,16H2,1-3H3. The average Bonchev–Trinajstić information content (AvgIpc) is 2.29. The van der Waals surface area contributed by atoms with Gasteiger partial charge in [0.15, 0.2) is 0 Å². The SMILES string of the molecule is CCCCCN(C)c1ccc(F)cc1C(C)N. The molecule has 0 aliphatic rings. The Hall–Kier alpha value is -1.09. The van der Waals surface area contributed by atoms with Crippen molar-refractivity contribution >= 4 is 5.69 Å². The normalized spacial score (nSPS) is 12.5. The summed E-state index contributed by atoms with van der Waals surface area (Å²) >= 11 is 0. The summed E-state index contributed by atoms with van der Waals surface area (Å²) in [5, 5.41) is 0. The van der Waals surface area contributed by atoms with Crippen molar-refractivity contribution in [2.45, 2.75) is 39.2 Å². The van der Waals surface area contributed by atoms with Crippen molar-refractivity contribution in [3.05, 3.63) is 29.6 Å². The summed E-state index contributed by atoms with van der Waals surface area (Å²) in [5.74, 6) is -0.219. The fourth-order valence-corrected chi connectivity index (χ4v) is 1.96. The number of halogens is 1. The minimum Gasteiger partial charge on any atom is -0.374 e. The molecule has 0 saturated heterocycles. The summed E-state index contributed by atoms with van der Waals surface area (Å²) in [6, 6.07) is 4.71. The molecule has 0 aromatic heterocycles. The van der Waals surface area contributed by atoms with E-state index in [-0.39, 0.29) is 11.9 Å². The topological polar surface area (TPSA) is 29.3 Å². The van der Waals surface area contributed by atoms with Gasteiger partial charge in [-0.2, -0.15) is 0 Å². The number of nitrogens with two attached hydrogens (primary N) is 1. The van der Waals surface area contributed by atoms with Gasteiger partial charge in [-0.3, -0.25) is 0 Å². The molecule has 1 atom stereocenters. The van der Waals surface area contributed by atoms with Gasteiger partial charge in [0.1, 0.15) is 5.82 Å². The molecule has 0 spiro atoms. The minimum atomic E-state index is -0.219. The average molecular weight is 238 g/mol. The lowest BCUT2D eigenvalue weighted by atomic mass is 10.1. The number of hydrogen-bond donors (Lipinski definition) is 1. The van der Waals surface area contributed by atoms with Crippen molar-refractivity contribution in [1.82, 2.24) is 0 Å². The van der Waals surface area contributed by atoms with Gasteiger partial charge in [-0.05, 0) is 37.1 Å². The molecule has 3 heteroatoms. The number of rotatable bonds is 6. The molecule has 2 nitrogen and oxygen atoms in total. The molecule has 0 amide bonds. The first-order valence-corrected chi connectivity index (χ1v) is 6.32. The highest BCUT2D eigenvalue weighted by molar-refractivity contribution is 5.54. The van der Waals surface area contributed by atoms with Crippen LogP contribution in [0.4, 0.5) is 10.1 Å². The Bertz CT molecular complexity index is 350. The highest BCUT2D eigenvalue weighted by atomic mass is 19.1. The molecule has 0 radical (unpaired) electrons. The van der Waals surface area contributed by atoms with Gasteiger partial charge < -0.3 is 10.6 Å². The van der Waals surface area contributed by atoms with E-state index in [1.807, 2.05) is 20.0 Å². The molecule has 0 aliphatic heterocycles. The molecule has 1 aromatic carbocycles. The molecule has 0 bridgehead atoms. The zero-order chi connectivity index (χ0) is 12.8. The maximum Gasteiger partial charge on any atom is 0.123 e. The van der Waals surface area contributed by atoms with Crippen molar-refractivity contribution in [1.29, 1.82) is 0 Å². The molecule has 1 rings (SSSR count). The zero-order valence-electron chi connectivity index (χ0n) is 11.0. The lowest BCUT2D eigenvalue weighted by Crippen LogP contribution is -2.22. The summed E-state index contributed by atoms with van der Waals surface area (Å²) in [6.45, 7) is 5.06. The molecule has 0 saturated carbocycles. The van der Waals surface area contributed by atoms with Crippen LogP contribution in [0.3, 0.4) is 0 Å². The third-order valence-corrected chi connectivity index (χ3v) is 2.99. The van der Waals surface area contributed by atoms with Crippen molar-refractivity contribution in [3.63, 3.8) is 0 Å². The van der Waals surface area contributed by atoms with Gasteiger partial charge in [-0.1, -0.05) is 19.8 Å². The predicted octanol–water partition coefficient (Wildman–Crippen LogP) is 3.47. The first-order chi connectivity index (χ1) is 8.06. The van der Waals surface area contributed by atoms with E-state index in [0.717, 1.165) is 24.2 Å². The lowest BCUT2D eigenvalue weighted by Gasteiger charge is -2.24. The number of anilines is 1. The van der Waals surface area contributed by atoms with Crippen molar-refractivity contribution in [3.8, 4) is 0 Å². The van der Waals surface area contributed by atoms with Crippen LogP contribution in [0.15, 0.2) is 18.2 Å². The molecular formula is C14H23FN2. The van der Waals surface area contributed by atoms with Gasteiger partial charge in [-0.25, -0.2) is 4.39 Å². The zero-order valence-corrected chi connectivity index (χ0v) is 11.0. The minimum absolute atomic E-state index is 0.144. The Morgan fingerprint density at radius 3 is 2.65 bits per heavy atom. The molecule has 96 valence electrons. The maximum absolute atomic E-state index is 13.2. The molecular weight excluding hydrogens is 215 g/mol.